The summed E-state index contributed by atoms with van der Waals surface area (Å²) in [6, 6.07) is 4.62. The molecule has 6 nitrogen and oxygen atoms in total. The Kier molecular flexibility index (Phi) is 3.41. The molecule has 114 valence electrons. The molecule has 1 fully saturated rings. The van der Waals surface area contributed by atoms with E-state index < -0.39 is 15.9 Å². The minimum atomic E-state index is -3.78. The number of amides is 1. The molecule has 3 rings (SSSR count). The lowest BCUT2D eigenvalue weighted by atomic mass is 10.0. The standard InChI is InChI=1S/C14H18N2O4S/c1-2-8-5-12(8)16-14(17)11-7-20-13-4-3-9(6-10(11)13)21(15,18)19/h3-4,6,8,11-12H,2,5,7H2,1H3,(H,16,17)(H2,15,18,19). The number of rotatable bonds is 4. The van der Waals surface area contributed by atoms with Crippen molar-refractivity contribution < 1.29 is 17.9 Å². The highest BCUT2D eigenvalue weighted by Gasteiger charge is 2.39. The molecule has 0 saturated heterocycles. The molecule has 3 N–H and O–H groups in total. The minimum Gasteiger partial charge on any atom is -0.492 e. The van der Waals surface area contributed by atoms with Crippen molar-refractivity contribution >= 4 is 15.9 Å². The van der Waals surface area contributed by atoms with Gasteiger partial charge < -0.3 is 10.1 Å². The third-order valence-electron chi connectivity index (χ3n) is 4.18. The molecule has 2 aliphatic rings. The van der Waals surface area contributed by atoms with Gasteiger partial charge in [0.1, 0.15) is 18.3 Å². The second-order valence-corrected chi connectivity index (χ2v) is 7.19. The highest BCUT2D eigenvalue weighted by molar-refractivity contribution is 7.89. The summed E-state index contributed by atoms with van der Waals surface area (Å²) in [4.78, 5) is 12.3. The molecular weight excluding hydrogens is 292 g/mol. The van der Waals surface area contributed by atoms with Crippen LogP contribution in [0.1, 0.15) is 31.2 Å². The zero-order valence-corrected chi connectivity index (χ0v) is 12.5. The predicted octanol–water partition coefficient (Wildman–Crippen LogP) is 0.725. The second kappa shape index (κ2) is 4.99. The van der Waals surface area contributed by atoms with E-state index in [0.29, 0.717) is 17.2 Å². The van der Waals surface area contributed by atoms with E-state index in [-0.39, 0.29) is 23.5 Å². The molecule has 1 aromatic rings. The van der Waals surface area contributed by atoms with Crippen LogP contribution >= 0.6 is 0 Å². The summed E-state index contributed by atoms with van der Waals surface area (Å²) in [6.45, 7) is 2.34. The Hall–Kier alpha value is -1.60. The van der Waals surface area contributed by atoms with Gasteiger partial charge in [-0.05, 0) is 30.5 Å². The maximum Gasteiger partial charge on any atom is 0.238 e. The smallest absolute Gasteiger partial charge is 0.238 e. The summed E-state index contributed by atoms with van der Waals surface area (Å²) in [6.07, 6.45) is 2.07. The topological polar surface area (TPSA) is 98.5 Å². The van der Waals surface area contributed by atoms with E-state index >= 15 is 0 Å². The van der Waals surface area contributed by atoms with Crippen LogP contribution in [0.15, 0.2) is 23.1 Å². The van der Waals surface area contributed by atoms with E-state index in [1.54, 1.807) is 6.07 Å². The van der Waals surface area contributed by atoms with Gasteiger partial charge in [-0.25, -0.2) is 13.6 Å². The molecule has 0 aromatic heterocycles. The monoisotopic (exact) mass is 310 g/mol. The number of nitrogens with two attached hydrogens (primary N) is 1. The van der Waals surface area contributed by atoms with E-state index in [9.17, 15) is 13.2 Å². The van der Waals surface area contributed by atoms with Crippen LogP contribution in [0.2, 0.25) is 0 Å². The van der Waals surface area contributed by atoms with Gasteiger partial charge in [-0.1, -0.05) is 13.3 Å². The van der Waals surface area contributed by atoms with Crippen LogP contribution in [0.5, 0.6) is 5.75 Å². The maximum atomic E-state index is 12.3. The SMILES string of the molecule is CCC1CC1NC(=O)C1COc2ccc(S(N)(=O)=O)cc21. The number of ether oxygens (including phenoxy) is 1. The second-order valence-electron chi connectivity index (χ2n) is 5.63. The first-order valence-electron chi connectivity index (χ1n) is 7.00. The molecule has 1 aromatic carbocycles. The van der Waals surface area contributed by atoms with Crippen molar-refractivity contribution in [1.29, 1.82) is 0 Å². The summed E-state index contributed by atoms with van der Waals surface area (Å²) >= 11 is 0. The molecule has 1 aliphatic heterocycles. The number of hydrogen-bond donors (Lipinski definition) is 2. The summed E-state index contributed by atoms with van der Waals surface area (Å²) in [5.74, 6) is 0.526. The van der Waals surface area contributed by atoms with Crippen LogP contribution in [0.3, 0.4) is 0 Å². The molecule has 3 atom stereocenters. The normalized spacial score (nSPS) is 26.9. The van der Waals surface area contributed by atoms with Crippen molar-refractivity contribution in [2.24, 2.45) is 11.1 Å². The molecule has 1 saturated carbocycles. The van der Waals surface area contributed by atoms with Gasteiger partial charge in [-0.3, -0.25) is 4.79 Å². The Morgan fingerprint density at radius 1 is 1.48 bits per heavy atom. The van der Waals surface area contributed by atoms with Gasteiger partial charge in [0.15, 0.2) is 0 Å². The van der Waals surface area contributed by atoms with Gasteiger partial charge in [-0.2, -0.15) is 0 Å². The number of fused-ring (bicyclic) bond motifs is 1. The highest BCUT2D eigenvalue weighted by Crippen LogP contribution is 2.38. The Morgan fingerprint density at radius 2 is 2.24 bits per heavy atom. The van der Waals surface area contributed by atoms with Crippen molar-refractivity contribution in [2.75, 3.05) is 6.61 Å². The Bertz CT molecular complexity index is 686. The first kappa shape index (κ1) is 14.3. The summed E-state index contributed by atoms with van der Waals surface area (Å²) < 4.78 is 28.3. The van der Waals surface area contributed by atoms with Crippen molar-refractivity contribution in [3.05, 3.63) is 23.8 Å². The van der Waals surface area contributed by atoms with Crippen molar-refractivity contribution in [1.82, 2.24) is 5.32 Å². The fraction of sp³-hybridized carbons (Fsp3) is 0.500. The molecule has 0 spiro atoms. The van der Waals surface area contributed by atoms with Gasteiger partial charge in [0.05, 0.1) is 4.90 Å². The van der Waals surface area contributed by atoms with Crippen LogP contribution in [-0.2, 0) is 14.8 Å². The van der Waals surface area contributed by atoms with Gasteiger partial charge in [0.25, 0.3) is 0 Å². The third kappa shape index (κ3) is 2.75. The summed E-state index contributed by atoms with van der Waals surface area (Å²) in [5, 5.41) is 8.13. The number of carbonyl (C=O) groups excluding carboxylic acids is 1. The van der Waals surface area contributed by atoms with Crippen LogP contribution in [0.4, 0.5) is 0 Å². The molecule has 1 heterocycles. The Morgan fingerprint density at radius 3 is 2.86 bits per heavy atom. The van der Waals surface area contributed by atoms with Crippen molar-refractivity contribution in [2.45, 2.75) is 36.6 Å². The number of primary sulfonamides is 1. The Labute approximate surface area is 123 Å². The average Bonchev–Trinajstić information content (AvgIpc) is 3.03. The van der Waals surface area contributed by atoms with Gasteiger partial charge >= 0.3 is 0 Å². The zero-order valence-electron chi connectivity index (χ0n) is 11.7. The lowest BCUT2D eigenvalue weighted by Gasteiger charge is -2.10. The molecule has 0 bridgehead atoms. The van der Waals surface area contributed by atoms with Crippen molar-refractivity contribution in [3.8, 4) is 5.75 Å². The highest BCUT2D eigenvalue weighted by atomic mass is 32.2. The van der Waals surface area contributed by atoms with Crippen LogP contribution in [0.25, 0.3) is 0 Å². The molecular formula is C14H18N2O4S. The van der Waals surface area contributed by atoms with Gasteiger partial charge in [-0.15, -0.1) is 0 Å². The summed E-state index contributed by atoms with van der Waals surface area (Å²) in [7, 11) is -3.78. The lowest BCUT2D eigenvalue weighted by molar-refractivity contribution is -0.123. The average molecular weight is 310 g/mol. The van der Waals surface area contributed by atoms with E-state index in [2.05, 4.69) is 12.2 Å². The predicted molar refractivity (Wildman–Crippen MR) is 76.4 cm³/mol. The quantitative estimate of drug-likeness (QED) is 0.856. The van der Waals surface area contributed by atoms with Gasteiger partial charge in [0.2, 0.25) is 15.9 Å². The zero-order chi connectivity index (χ0) is 15.2. The number of hydrogen-bond acceptors (Lipinski definition) is 4. The maximum absolute atomic E-state index is 12.3. The first-order valence-corrected chi connectivity index (χ1v) is 8.54. The molecule has 0 radical (unpaired) electrons. The largest absolute Gasteiger partial charge is 0.492 e. The Balaban J connectivity index is 1.80. The molecule has 7 heteroatoms. The minimum absolute atomic E-state index is 0.00223. The number of benzene rings is 1. The first-order chi connectivity index (χ1) is 9.90. The molecule has 21 heavy (non-hydrogen) atoms. The lowest BCUT2D eigenvalue weighted by Crippen LogP contribution is -2.32. The van der Waals surface area contributed by atoms with Crippen LogP contribution in [0, 0.1) is 5.92 Å². The third-order valence-corrected chi connectivity index (χ3v) is 5.09. The van der Waals surface area contributed by atoms with Gasteiger partial charge in [0, 0.05) is 11.6 Å². The van der Waals surface area contributed by atoms with E-state index in [4.69, 9.17) is 9.88 Å². The number of nitrogens with one attached hydrogen (secondary N) is 1. The fourth-order valence-electron chi connectivity index (χ4n) is 2.75. The molecule has 3 unspecified atom stereocenters. The van der Waals surface area contributed by atoms with Crippen LogP contribution in [-0.4, -0.2) is 27.0 Å². The number of sulfonamides is 1. The molecule has 1 aliphatic carbocycles. The van der Waals surface area contributed by atoms with E-state index in [1.807, 2.05) is 0 Å². The number of carbonyl (C=O) groups is 1. The summed E-state index contributed by atoms with van der Waals surface area (Å²) in [5.41, 5.74) is 0.590. The molecule has 1 amide bonds. The van der Waals surface area contributed by atoms with E-state index in [1.165, 1.54) is 12.1 Å². The van der Waals surface area contributed by atoms with E-state index in [0.717, 1.165) is 12.8 Å². The fourth-order valence-corrected chi connectivity index (χ4v) is 3.29. The van der Waals surface area contributed by atoms with Crippen molar-refractivity contribution in [3.63, 3.8) is 0 Å². The van der Waals surface area contributed by atoms with Crippen LogP contribution < -0.4 is 15.2 Å².